The Bertz CT molecular complexity index is 461. The van der Waals surface area contributed by atoms with Crippen molar-refractivity contribution >= 4 is 5.91 Å². The van der Waals surface area contributed by atoms with Gasteiger partial charge in [-0.15, -0.1) is 0 Å². The van der Waals surface area contributed by atoms with E-state index in [2.05, 4.69) is 16.2 Å². The summed E-state index contributed by atoms with van der Waals surface area (Å²) in [6, 6.07) is 3.78. The van der Waals surface area contributed by atoms with Crippen LogP contribution < -0.4 is 16.2 Å². The highest BCUT2D eigenvalue weighted by Gasteiger charge is 2.30. The zero-order valence-electron chi connectivity index (χ0n) is 10.8. The molecule has 19 heavy (non-hydrogen) atoms. The Balaban J connectivity index is 1.98. The summed E-state index contributed by atoms with van der Waals surface area (Å²) in [6.07, 6.45) is -0.546. The van der Waals surface area contributed by atoms with Crippen LogP contribution in [0.2, 0.25) is 0 Å². The second-order valence-corrected chi connectivity index (χ2v) is 4.86. The quantitative estimate of drug-likeness (QED) is 0.769. The lowest BCUT2D eigenvalue weighted by atomic mass is 10.0. The number of hydrogen-bond donors (Lipinski definition) is 3. The summed E-state index contributed by atoms with van der Waals surface area (Å²) in [4.78, 5) is 11.8. The van der Waals surface area contributed by atoms with Crippen molar-refractivity contribution in [1.29, 1.82) is 0 Å². The molecule has 0 spiro atoms. The molecule has 104 valence electrons. The topological polar surface area (TPSA) is 53.2 Å². The van der Waals surface area contributed by atoms with E-state index in [4.69, 9.17) is 0 Å². The molecule has 1 aliphatic heterocycles. The van der Waals surface area contributed by atoms with Crippen molar-refractivity contribution in [1.82, 2.24) is 16.2 Å². The van der Waals surface area contributed by atoms with E-state index in [0.717, 1.165) is 12.1 Å². The largest absolute Gasteiger partial charge is 0.339 e. The molecular weight excluding hydrogens is 252 g/mol. The summed E-state index contributed by atoms with van der Waals surface area (Å²) in [5.41, 5.74) is 5.73. The molecule has 1 aromatic rings. The minimum Gasteiger partial charge on any atom is -0.339 e. The van der Waals surface area contributed by atoms with Crippen LogP contribution >= 0.6 is 0 Å². The highest BCUT2D eigenvalue weighted by atomic mass is 19.1. The maximum absolute atomic E-state index is 13.4. The standard InChI is InChI=1S/C13H17F2N3O/c1-7-8(2)17-18-13(7)16-12(19)6-9-10(14)4-3-5-11(9)15/h3-5,7-8,13,17-18H,6H2,1-2H3,(H,16,19). The van der Waals surface area contributed by atoms with E-state index in [0.29, 0.717) is 0 Å². The van der Waals surface area contributed by atoms with Crippen molar-refractivity contribution in [2.24, 2.45) is 5.92 Å². The monoisotopic (exact) mass is 269 g/mol. The lowest BCUT2D eigenvalue weighted by Gasteiger charge is -2.18. The Hall–Kier alpha value is -1.53. The summed E-state index contributed by atoms with van der Waals surface area (Å²) < 4.78 is 26.8. The summed E-state index contributed by atoms with van der Waals surface area (Å²) in [6.45, 7) is 3.96. The molecule has 0 saturated carbocycles. The maximum Gasteiger partial charge on any atom is 0.225 e. The number of benzene rings is 1. The van der Waals surface area contributed by atoms with Gasteiger partial charge < -0.3 is 5.32 Å². The molecular formula is C13H17F2N3O. The molecule has 1 aromatic carbocycles. The van der Waals surface area contributed by atoms with E-state index in [-0.39, 0.29) is 30.1 Å². The van der Waals surface area contributed by atoms with Gasteiger partial charge >= 0.3 is 0 Å². The zero-order valence-corrected chi connectivity index (χ0v) is 10.8. The number of amides is 1. The van der Waals surface area contributed by atoms with Crippen LogP contribution in [0.4, 0.5) is 8.78 Å². The van der Waals surface area contributed by atoms with Crippen LogP contribution in [0.5, 0.6) is 0 Å². The van der Waals surface area contributed by atoms with Crippen molar-refractivity contribution in [3.63, 3.8) is 0 Å². The van der Waals surface area contributed by atoms with Crippen molar-refractivity contribution in [2.75, 3.05) is 0 Å². The van der Waals surface area contributed by atoms with Gasteiger partial charge in [0.2, 0.25) is 5.91 Å². The Labute approximate surface area is 110 Å². The van der Waals surface area contributed by atoms with Gasteiger partial charge in [-0.3, -0.25) is 10.2 Å². The SMILES string of the molecule is CC1NNC(NC(=O)Cc2c(F)cccc2F)C1C. The average molecular weight is 269 g/mol. The van der Waals surface area contributed by atoms with Crippen molar-refractivity contribution in [3.8, 4) is 0 Å². The summed E-state index contributed by atoms with van der Waals surface area (Å²) in [5.74, 6) is -1.62. The number of rotatable bonds is 3. The first kappa shape index (κ1) is 13.9. The molecule has 4 nitrogen and oxygen atoms in total. The minimum atomic E-state index is -0.700. The Morgan fingerprint density at radius 3 is 2.42 bits per heavy atom. The van der Waals surface area contributed by atoms with E-state index in [1.807, 2.05) is 13.8 Å². The van der Waals surface area contributed by atoms with Crippen LogP contribution in [0, 0.1) is 17.6 Å². The van der Waals surface area contributed by atoms with Gasteiger partial charge in [0, 0.05) is 17.5 Å². The molecule has 3 atom stereocenters. The lowest BCUT2D eigenvalue weighted by Crippen LogP contribution is -2.47. The average Bonchev–Trinajstić information content (AvgIpc) is 2.66. The van der Waals surface area contributed by atoms with Crippen molar-refractivity contribution in [2.45, 2.75) is 32.5 Å². The Morgan fingerprint density at radius 1 is 1.26 bits per heavy atom. The van der Waals surface area contributed by atoms with E-state index in [1.165, 1.54) is 6.07 Å². The first-order chi connectivity index (χ1) is 8.99. The fourth-order valence-corrected chi connectivity index (χ4v) is 2.03. The molecule has 0 aliphatic carbocycles. The first-order valence-electron chi connectivity index (χ1n) is 6.22. The normalized spacial score (nSPS) is 26.4. The highest BCUT2D eigenvalue weighted by molar-refractivity contribution is 5.79. The van der Waals surface area contributed by atoms with Crippen LogP contribution in [-0.2, 0) is 11.2 Å². The number of nitrogens with one attached hydrogen (secondary N) is 3. The molecule has 0 bridgehead atoms. The molecule has 0 aromatic heterocycles. The molecule has 1 amide bonds. The summed E-state index contributed by atoms with van der Waals surface area (Å²) >= 11 is 0. The van der Waals surface area contributed by atoms with E-state index in [9.17, 15) is 13.6 Å². The van der Waals surface area contributed by atoms with Crippen LogP contribution in [0.3, 0.4) is 0 Å². The van der Waals surface area contributed by atoms with Gasteiger partial charge in [-0.2, -0.15) is 0 Å². The van der Waals surface area contributed by atoms with Gasteiger partial charge in [0.1, 0.15) is 11.6 Å². The lowest BCUT2D eigenvalue weighted by molar-refractivity contribution is -0.121. The fraction of sp³-hybridized carbons (Fsp3) is 0.462. The highest BCUT2D eigenvalue weighted by Crippen LogP contribution is 2.14. The van der Waals surface area contributed by atoms with E-state index >= 15 is 0 Å². The number of hydrazine groups is 1. The van der Waals surface area contributed by atoms with Gasteiger partial charge in [0.25, 0.3) is 0 Å². The molecule has 2 rings (SSSR count). The number of hydrogen-bond acceptors (Lipinski definition) is 3. The fourth-order valence-electron chi connectivity index (χ4n) is 2.03. The van der Waals surface area contributed by atoms with Gasteiger partial charge in [0.05, 0.1) is 12.6 Å². The number of carbonyl (C=O) groups is 1. The van der Waals surface area contributed by atoms with Crippen LogP contribution in [-0.4, -0.2) is 18.1 Å². The maximum atomic E-state index is 13.4. The van der Waals surface area contributed by atoms with Crippen molar-refractivity contribution < 1.29 is 13.6 Å². The minimum absolute atomic E-state index is 0.189. The summed E-state index contributed by atoms with van der Waals surface area (Å²) in [5, 5.41) is 2.72. The third kappa shape index (κ3) is 3.08. The van der Waals surface area contributed by atoms with Crippen LogP contribution in [0.1, 0.15) is 19.4 Å². The number of carbonyl (C=O) groups excluding carboxylic acids is 1. The van der Waals surface area contributed by atoms with Crippen LogP contribution in [0.15, 0.2) is 18.2 Å². The molecule has 1 saturated heterocycles. The van der Waals surface area contributed by atoms with E-state index in [1.54, 1.807) is 0 Å². The Morgan fingerprint density at radius 2 is 1.89 bits per heavy atom. The zero-order chi connectivity index (χ0) is 14.0. The van der Waals surface area contributed by atoms with E-state index < -0.39 is 17.5 Å². The van der Waals surface area contributed by atoms with Crippen LogP contribution in [0.25, 0.3) is 0 Å². The predicted octanol–water partition coefficient (Wildman–Crippen LogP) is 1.08. The molecule has 1 fully saturated rings. The summed E-state index contributed by atoms with van der Waals surface area (Å²) in [7, 11) is 0. The second-order valence-electron chi connectivity index (χ2n) is 4.86. The van der Waals surface area contributed by atoms with Crippen molar-refractivity contribution in [3.05, 3.63) is 35.4 Å². The smallest absolute Gasteiger partial charge is 0.225 e. The molecule has 0 radical (unpaired) electrons. The van der Waals surface area contributed by atoms with Gasteiger partial charge in [-0.1, -0.05) is 13.0 Å². The third-order valence-electron chi connectivity index (χ3n) is 3.50. The predicted molar refractivity (Wildman–Crippen MR) is 66.9 cm³/mol. The van der Waals surface area contributed by atoms with Gasteiger partial charge in [-0.05, 0) is 19.1 Å². The molecule has 3 N–H and O–H groups in total. The Kier molecular flexibility index (Phi) is 4.11. The second kappa shape index (κ2) is 5.63. The number of halogens is 2. The molecule has 6 heteroatoms. The third-order valence-corrected chi connectivity index (χ3v) is 3.50. The first-order valence-corrected chi connectivity index (χ1v) is 6.22. The molecule has 3 unspecified atom stereocenters. The van der Waals surface area contributed by atoms with Gasteiger partial charge in [-0.25, -0.2) is 14.2 Å². The molecule has 1 aliphatic rings. The molecule has 1 heterocycles. The van der Waals surface area contributed by atoms with Gasteiger partial charge in [0.15, 0.2) is 0 Å².